The molecule has 21 heavy (non-hydrogen) atoms. The number of imidazole rings is 1. The van der Waals surface area contributed by atoms with Crippen molar-refractivity contribution in [3.05, 3.63) is 47.8 Å². The largest absolute Gasteiger partial charge is 0.380 e. The first-order valence-corrected chi connectivity index (χ1v) is 7.50. The molecule has 0 fully saturated rings. The second-order valence-corrected chi connectivity index (χ2v) is 5.44. The Morgan fingerprint density at radius 2 is 2.33 bits per heavy atom. The molecule has 0 N–H and O–H groups in total. The van der Waals surface area contributed by atoms with Gasteiger partial charge in [0, 0.05) is 45.6 Å². The van der Waals surface area contributed by atoms with Crippen molar-refractivity contribution in [2.75, 3.05) is 19.8 Å². The number of aryl methyl sites for hydroxylation is 1. The van der Waals surface area contributed by atoms with Crippen molar-refractivity contribution in [1.29, 1.82) is 0 Å². The molecule has 0 amide bonds. The summed E-state index contributed by atoms with van der Waals surface area (Å²) in [5, 5.41) is 0. The number of ether oxygens (including phenoxy) is 1. The highest BCUT2D eigenvalue weighted by Crippen LogP contribution is 2.30. The fraction of sp³-hybridized carbons (Fsp3) is 0.500. The molecule has 112 valence electrons. The van der Waals surface area contributed by atoms with Crippen LogP contribution in [0.5, 0.6) is 0 Å². The van der Waals surface area contributed by atoms with Crippen LogP contribution in [0.25, 0.3) is 0 Å². The summed E-state index contributed by atoms with van der Waals surface area (Å²) in [5.74, 6) is 0. The van der Waals surface area contributed by atoms with Crippen molar-refractivity contribution in [1.82, 2.24) is 19.4 Å². The van der Waals surface area contributed by atoms with Gasteiger partial charge in [0.25, 0.3) is 0 Å². The predicted octanol–water partition coefficient (Wildman–Crippen LogP) is 1.95. The van der Waals surface area contributed by atoms with E-state index in [1.54, 1.807) is 0 Å². The van der Waals surface area contributed by atoms with Crippen molar-refractivity contribution in [2.24, 2.45) is 7.05 Å². The number of nitrogens with zero attached hydrogens (tertiary/aromatic N) is 4. The lowest BCUT2D eigenvalue weighted by Gasteiger charge is -2.35. The first-order chi connectivity index (χ1) is 10.3. The van der Waals surface area contributed by atoms with Gasteiger partial charge in [0.1, 0.15) is 0 Å². The minimum Gasteiger partial charge on any atom is -0.380 e. The fourth-order valence-corrected chi connectivity index (χ4v) is 3.02. The zero-order chi connectivity index (χ0) is 14.7. The number of pyridine rings is 1. The van der Waals surface area contributed by atoms with Gasteiger partial charge in [-0.1, -0.05) is 6.07 Å². The molecule has 1 aliphatic rings. The zero-order valence-electron chi connectivity index (χ0n) is 12.7. The molecule has 1 atom stereocenters. The summed E-state index contributed by atoms with van der Waals surface area (Å²) in [4.78, 5) is 11.2. The maximum absolute atomic E-state index is 5.72. The molecule has 2 aromatic rings. The van der Waals surface area contributed by atoms with E-state index in [4.69, 9.17) is 4.74 Å². The minimum atomic E-state index is 0.265. The molecule has 2 aromatic heterocycles. The van der Waals surface area contributed by atoms with Crippen LogP contribution in [-0.4, -0.2) is 39.2 Å². The Morgan fingerprint density at radius 1 is 1.43 bits per heavy atom. The summed E-state index contributed by atoms with van der Waals surface area (Å²) in [5.41, 5.74) is 3.74. The van der Waals surface area contributed by atoms with Gasteiger partial charge in [0.05, 0.1) is 30.4 Å². The van der Waals surface area contributed by atoms with Gasteiger partial charge in [-0.3, -0.25) is 9.88 Å². The zero-order valence-corrected chi connectivity index (χ0v) is 12.7. The molecule has 3 heterocycles. The second-order valence-electron chi connectivity index (χ2n) is 5.44. The Hall–Kier alpha value is -1.72. The molecule has 0 aromatic carbocycles. The van der Waals surface area contributed by atoms with Crippen LogP contribution in [0.15, 0.2) is 30.9 Å². The van der Waals surface area contributed by atoms with E-state index in [9.17, 15) is 0 Å². The SMILES string of the molecule is CCOCC1c2c(ncn2C)CCN1Cc1cccnc1. The normalized spacial score (nSPS) is 18.7. The minimum absolute atomic E-state index is 0.265. The summed E-state index contributed by atoms with van der Waals surface area (Å²) in [6, 6.07) is 4.39. The number of aromatic nitrogens is 3. The third-order valence-electron chi connectivity index (χ3n) is 4.04. The number of rotatable bonds is 5. The van der Waals surface area contributed by atoms with E-state index in [2.05, 4.69) is 32.5 Å². The lowest BCUT2D eigenvalue weighted by Crippen LogP contribution is -2.38. The van der Waals surface area contributed by atoms with E-state index in [-0.39, 0.29) is 6.04 Å². The van der Waals surface area contributed by atoms with Crippen molar-refractivity contribution in [3.8, 4) is 0 Å². The standard InChI is InChI=1S/C16H22N4O/c1-3-21-11-15-16-14(18-12-19(16)2)6-8-20(15)10-13-5-4-7-17-9-13/h4-5,7,9,12,15H,3,6,8,10-11H2,1-2H3. The summed E-state index contributed by atoms with van der Waals surface area (Å²) in [6.45, 7) is 5.40. The van der Waals surface area contributed by atoms with Crippen LogP contribution < -0.4 is 0 Å². The molecule has 5 nitrogen and oxygen atoms in total. The molecule has 0 saturated heterocycles. The molecule has 0 aliphatic carbocycles. The van der Waals surface area contributed by atoms with Crippen LogP contribution in [0.4, 0.5) is 0 Å². The van der Waals surface area contributed by atoms with Gasteiger partial charge in [0.2, 0.25) is 0 Å². The average Bonchev–Trinajstić information content (AvgIpc) is 2.89. The van der Waals surface area contributed by atoms with Gasteiger partial charge in [0.15, 0.2) is 0 Å². The van der Waals surface area contributed by atoms with Crippen LogP contribution in [-0.2, 0) is 24.8 Å². The highest BCUT2D eigenvalue weighted by atomic mass is 16.5. The molecule has 3 rings (SSSR count). The Balaban J connectivity index is 1.84. The van der Waals surface area contributed by atoms with Crippen molar-refractivity contribution in [3.63, 3.8) is 0 Å². The smallest absolute Gasteiger partial charge is 0.0949 e. The average molecular weight is 286 g/mol. The van der Waals surface area contributed by atoms with Crippen LogP contribution in [0.2, 0.25) is 0 Å². The molecule has 0 spiro atoms. The van der Waals surface area contributed by atoms with Gasteiger partial charge in [-0.15, -0.1) is 0 Å². The molecule has 5 heteroatoms. The summed E-state index contributed by atoms with van der Waals surface area (Å²) in [7, 11) is 2.07. The topological polar surface area (TPSA) is 43.2 Å². The van der Waals surface area contributed by atoms with Gasteiger partial charge in [-0.2, -0.15) is 0 Å². The summed E-state index contributed by atoms with van der Waals surface area (Å²) < 4.78 is 7.86. The van der Waals surface area contributed by atoms with Crippen LogP contribution in [0, 0.1) is 0 Å². The molecule has 0 radical (unpaired) electrons. The number of hydrogen-bond acceptors (Lipinski definition) is 4. The molecule has 0 bridgehead atoms. The van der Waals surface area contributed by atoms with E-state index in [0.717, 1.165) is 26.1 Å². The maximum atomic E-state index is 5.72. The van der Waals surface area contributed by atoms with Gasteiger partial charge < -0.3 is 9.30 Å². The third-order valence-corrected chi connectivity index (χ3v) is 4.04. The van der Waals surface area contributed by atoms with Crippen LogP contribution in [0.1, 0.15) is 29.9 Å². The highest BCUT2D eigenvalue weighted by molar-refractivity contribution is 5.22. The number of hydrogen-bond donors (Lipinski definition) is 0. The maximum Gasteiger partial charge on any atom is 0.0949 e. The van der Waals surface area contributed by atoms with Crippen LogP contribution in [0.3, 0.4) is 0 Å². The quantitative estimate of drug-likeness (QED) is 0.842. The lowest BCUT2D eigenvalue weighted by molar-refractivity contribution is 0.0519. The Morgan fingerprint density at radius 3 is 3.10 bits per heavy atom. The number of fused-ring (bicyclic) bond motifs is 1. The second kappa shape index (κ2) is 6.37. The van der Waals surface area contributed by atoms with E-state index in [0.29, 0.717) is 6.61 Å². The predicted molar refractivity (Wildman–Crippen MR) is 80.8 cm³/mol. The first-order valence-electron chi connectivity index (χ1n) is 7.50. The van der Waals surface area contributed by atoms with Crippen molar-refractivity contribution in [2.45, 2.75) is 25.9 Å². The van der Waals surface area contributed by atoms with E-state index < -0.39 is 0 Å². The third kappa shape index (κ3) is 2.99. The molecule has 1 aliphatic heterocycles. The summed E-state index contributed by atoms with van der Waals surface area (Å²) in [6.07, 6.45) is 6.67. The van der Waals surface area contributed by atoms with Crippen LogP contribution >= 0.6 is 0 Å². The van der Waals surface area contributed by atoms with Gasteiger partial charge >= 0.3 is 0 Å². The Bertz CT molecular complexity index is 581. The van der Waals surface area contributed by atoms with E-state index >= 15 is 0 Å². The first kappa shape index (κ1) is 14.2. The van der Waals surface area contributed by atoms with Crippen molar-refractivity contribution < 1.29 is 4.74 Å². The Labute approximate surface area is 125 Å². The Kier molecular flexibility index (Phi) is 4.31. The molecule has 0 saturated carbocycles. The van der Waals surface area contributed by atoms with Gasteiger partial charge in [-0.25, -0.2) is 4.98 Å². The molecular formula is C16H22N4O. The van der Waals surface area contributed by atoms with Gasteiger partial charge in [-0.05, 0) is 18.6 Å². The molecular weight excluding hydrogens is 264 g/mol. The van der Waals surface area contributed by atoms with E-state index in [1.807, 2.05) is 31.7 Å². The highest BCUT2D eigenvalue weighted by Gasteiger charge is 2.30. The van der Waals surface area contributed by atoms with E-state index in [1.165, 1.54) is 17.0 Å². The fourth-order valence-electron chi connectivity index (χ4n) is 3.02. The van der Waals surface area contributed by atoms with Crippen molar-refractivity contribution >= 4 is 0 Å². The molecule has 1 unspecified atom stereocenters. The lowest BCUT2D eigenvalue weighted by atomic mass is 10.0. The monoisotopic (exact) mass is 286 g/mol. The summed E-state index contributed by atoms with van der Waals surface area (Å²) >= 11 is 0.